The Bertz CT molecular complexity index is 635. The summed E-state index contributed by atoms with van der Waals surface area (Å²) in [7, 11) is -3.57. The molecule has 0 fully saturated rings. The van der Waals surface area contributed by atoms with E-state index in [1.807, 2.05) is 0 Å². The zero-order valence-corrected chi connectivity index (χ0v) is 11.2. The van der Waals surface area contributed by atoms with Crippen LogP contribution in [0.4, 0.5) is 0 Å². The maximum Gasteiger partial charge on any atom is 0.271 e. The molecule has 0 aliphatic carbocycles. The highest BCUT2D eigenvalue weighted by atomic mass is 32.2. The lowest BCUT2D eigenvalue weighted by molar-refractivity contribution is 0.586. The van der Waals surface area contributed by atoms with Crippen LogP contribution in [0.3, 0.4) is 0 Å². The van der Waals surface area contributed by atoms with Crippen LogP contribution < -0.4 is 5.73 Å². The minimum atomic E-state index is -3.57. The van der Waals surface area contributed by atoms with Crippen molar-refractivity contribution in [2.75, 3.05) is 6.54 Å². The molecule has 0 saturated heterocycles. The first-order valence-electron chi connectivity index (χ1n) is 5.61. The van der Waals surface area contributed by atoms with Crippen molar-refractivity contribution < 1.29 is 8.42 Å². The number of rotatable bonds is 4. The molecule has 2 heterocycles. The van der Waals surface area contributed by atoms with E-state index in [0.29, 0.717) is 24.4 Å². The second kappa shape index (κ2) is 4.58. The molecule has 2 aromatic heterocycles. The Kier molecular flexibility index (Phi) is 3.27. The molecule has 0 bridgehead atoms. The molecule has 0 spiro atoms. The molecule has 18 heavy (non-hydrogen) atoms. The fraction of sp³-hybridized carbons (Fsp3) is 0.364. The first-order valence-corrected chi connectivity index (χ1v) is 7.05. The molecule has 2 rings (SSSR count). The summed E-state index contributed by atoms with van der Waals surface area (Å²) in [5.41, 5.74) is 7.37. The van der Waals surface area contributed by atoms with Gasteiger partial charge in [0.2, 0.25) is 0 Å². The lowest BCUT2D eigenvalue weighted by Crippen LogP contribution is -2.13. The molecule has 98 valence electrons. The molecule has 7 heteroatoms. The third-order valence-electron chi connectivity index (χ3n) is 2.76. The van der Waals surface area contributed by atoms with Gasteiger partial charge in [-0.1, -0.05) is 0 Å². The van der Waals surface area contributed by atoms with Crippen LogP contribution in [-0.4, -0.2) is 29.1 Å². The Morgan fingerprint density at radius 2 is 2.17 bits per heavy atom. The summed E-state index contributed by atoms with van der Waals surface area (Å²) in [6, 6.07) is 1.76. The Balaban J connectivity index is 2.48. The normalized spacial score (nSPS) is 11.9. The quantitative estimate of drug-likeness (QED) is 0.847. The van der Waals surface area contributed by atoms with Gasteiger partial charge in [-0.3, -0.25) is 5.10 Å². The number of hydrogen-bond donors (Lipinski definition) is 2. The largest absolute Gasteiger partial charge is 0.330 e. The summed E-state index contributed by atoms with van der Waals surface area (Å²) in [4.78, 5) is 0.234. The van der Waals surface area contributed by atoms with Crippen molar-refractivity contribution in [3.8, 4) is 0 Å². The monoisotopic (exact) mass is 268 g/mol. The van der Waals surface area contributed by atoms with E-state index in [4.69, 9.17) is 5.73 Å². The van der Waals surface area contributed by atoms with Crippen molar-refractivity contribution in [1.82, 2.24) is 14.2 Å². The lowest BCUT2D eigenvalue weighted by Gasteiger charge is -2.05. The van der Waals surface area contributed by atoms with E-state index in [0.717, 1.165) is 5.56 Å². The van der Waals surface area contributed by atoms with E-state index in [1.54, 1.807) is 26.1 Å². The summed E-state index contributed by atoms with van der Waals surface area (Å²) >= 11 is 0. The molecule has 0 aliphatic rings. The van der Waals surface area contributed by atoms with Crippen molar-refractivity contribution in [1.29, 1.82) is 0 Å². The van der Waals surface area contributed by atoms with Crippen LogP contribution in [0.15, 0.2) is 23.4 Å². The van der Waals surface area contributed by atoms with E-state index >= 15 is 0 Å². The highest BCUT2D eigenvalue weighted by Gasteiger charge is 2.23. The molecule has 6 nitrogen and oxygen atoms in total. The first kappa shape index (κ1) is 12.8. The number of H-pyrrole nitrogens is 1. The van der Waals surface area contributed by atoms with E-state index in [2.05, 4.69) is 10.2 Å². The third-order valence-corrected chi connectivity index (χ3v) is 4.66. The summed E-state index contributed by atoms with van der Waals surface area (Å²) in [5.74, 6) is 0. The predicted molar refractivity (Wildman–Crippen MR) is 67.8 cm³/mol. The van der Waals surface area contributed by atoms with Crippen LogP contribution in [0.25, 0.3) is 0 Å². The van der Waals surface area contributed by atoms with Gasteiger partial charge in [0, 0.05) is 12.4 Å². The van der Waals surface area contributed by atoms with Gasteiger partial charge < -0.3 is 5.73 Å². The molecule has 0 unspecified atom stereocenters. The Hall–Kier alpha value is -1.60. The smallest absolute Gasteiger partial charge is 0.271 e. The molecule has 0 radical (unpaired) electrons. The summed E-state index contributed by atoms with van der Waals surface area (Å²) in [5, 5.41) is 6.60. The number of aromatic nitrogens is 3. The zero-order valence-electron chi connectivity index (χ0n) is 10.3. The molecule has 3 N–H and O–H groups in total. The van der Waals surface area contributed by atoms with Crippen LogP contribution in [0.1, 0.15) is 17.0 Å². The average Bonchev–Trinajstić information content (AvgIpc) is 2.87. The number of hydrogen-bond acceptors (Lipinski definition) is 4. The first-order chi connectivity index (χ1) is 8.46. The minimum Gasteiger partial charge on any atom is -0.330 e. The maximum absolute atomic E-state index is 12.4. The van der Waals surface area contributed by atoms with Gasteiger partial charge in [0.15, 0.2) is 0 Å². The van der Waals surface area contributed by atoms with Gasteiger partial charge in [-0.2, -0.15) is 5.10 Å². The molecule has 0 saturated carbocycles. The number of nitrogens with zero attached hydrogens (tertiary/aromatic N) is 2. The van der Waals surface area contributed by atoms with E-state index in [1.165, 1.54) is 10.2 Å². The highest BCUT2D eigenvalue weighted by Crippen LogP contribution is 2.20. The van der Waals surface area contributed by atoms with Gasteiger partial charge >= 0.3 is 0 Å². The fourth-order valence-electron chi connectivity index (χ4n) is 1.91. The molecular formula is C11H16N4O2S. The van der Waals surface area contributed by atoms with Gasteiger partial charge in [-0.05, 0) is 38.4 Å². The van der Waals surface area contributed by atoms with Crippen LogP contribution in [0.5, 0.6) is 0 Å². The summed E-state index contributed by atoms with van der Waals surface area (Å²) in [6.45, 7) is 3.85. The molecule has 2 aromatic rings. The van der Waals surface area contributed by atoms with Crippen molar-refractivity contribution in [3.05, 3.63) is 35.4 Å². The second-order valence-electron chi connectivity index (χ2n) is 4.16. The number of aromatic amines is 1. The topological polar surface area (TPSA) is 93.8 Å². The van der Waals surface area contributed by atoms with E-state index in [-0.39, 0.29) is 4.90 Å². The Labute approximate surface area is 106 Å². The van der Waals surface area contributed by atoms with Gasteiger partial charge in [-0.15, -0.1) is 0 Å². The SMILES string of the molecule is Cc1n[nH]c(C)c1S(=O)(=O)n1ccc(CCN)c1. The molecule has 0 amide bonds. The Morgan fingerprint density at radius 1 is 1.44 bits per heavy atom. The molecule has 0 atom stereocenters. The average molecular weight is 268 g/mol. The second-order valence-corrected chi connectivity index (χ2v) is 5.94. The van der Waals surface area contributed by atoms with Crippen molar-refractivity contribution in [2.45, 2.75) is 25.2 Å². The molecule has 0 aliphatic heterocycles. The fourth-order valence-corrected chi connectivity index (χ4v) is 3.47. The van der Waals surface area contributed by atoms with Crippen molar-refractivity contribution in [2.24, 2.45) is 5.73 Å². The molecular weight excluding hydrogens is 252 g/mol. The molecule has 0 aromatic carbocycles. The van der Waals surface area contributed by atoms with E-state index < -0.39 is 10.0 Å². The predicted octanol–water partition coefficient (Wildman–Crippen LogP) is 0.566. The number of nitrogens with one attached hydrogen (secondary N) is 1. The van der Waals surface area contributed by atoms with Crippen molar-refractivity contribution >= 4 is 10.0 Å². The summed E-state index contributed by atoms with van der Waals surface area (Å²) in [6.07, 6.45) is 3.78. The van der Waals surface area contributed by atoms with E-state index in [9.17, 15) is 8.42 Å². The van der Waals surface area contributed by atoms with Crippen LogP contribution in [0.2, 0.25) is 0 Å². The van der Waals surface area contributed by atoms with Gasteiger partial charge in [0.05, 0.1) is 11.4 Å². The number of aryl methyl sites for hydroxylation is 2. The Morgan fingerprint density at radius 3 is 2.72 bits per heavy atom. The zero-order chi connectivity index (χ0) is 13.3. The summed E-state index contributed by atoms with van der Waals surface area (Å²) < 4.78 is 26.1. The number of nitrogens with two attached hydrogens (primary N) is 1. The lowest BCUT2D eigenvalue weighted by atomic mass is 10.2. The maximum atomic E-state index is 12.4. The highest BCUT2D eigenvalue weighted by molar-refractivity contribution is 7.90. The van der Waals surface area contributed by atoms with Gasteiger partial charge in [0.1, 0.15) is 4.90 Å². The van der Waals surface area contributed by atoms with Crippen LogP contribution in [0, 0.1) is 13.8 Å². The third kappa shape index (κ3) is 2.06. The van der Waals surface area contributed by atoms with Crippen LogP contribution in [-0.2, 0) is 16.4 Å². The van der Waals surface area contributed by atoms with Crippen LogP contribution >= 0.6 is 0 Å². The van der Waals surface area contributed by atoms with Gasteiger partial charge in [0.25, 0.3) is 10.0 Å². The van der Waals surface area contributed by atoms with Crippen molar-refractivity contribution in [3.63, 3.8) is 0 Å². The van der Waals surface area contributed by atoms with Gasteiger partial charge in [-0.25, -0.2) is 12.4 Å². The standard InChI is InChI=1S/C11H16N4O2S/c1-8-11(9(2)14-13-8)18(16,17)15-6-4-10(7-15)3-5-12/h4,6-7H,3,5,12H2,1-2H3,(H,13,14). The minimum absolute atomic E-state index is 0.234.